The smallest absolute Gasteiger partial charge is 0.226 e. The second-order valence-corrected chi connectivity index (χ2v) is 4.25. The summed E-state index contributed by atoms with van der Waals surface area (Å²) in [5.41, 5.74) is 5.54. The molecule has 1 unspecified atom stereocenters. The average Bonchev–Trinajstić information content (AvgIpc) is 2.08. The topological polar surface area (TPSA) is 46.3 Å². The van der Waals surface area contributed by atoms with Crippen molar-refractivity contribution in [1.29, 1.82) is 0 Å². The van der Waals surface area contributed by atoms with Crippen LogP contribution in [0.4, 0.5) is 0 Å². The third kappa shape index (κ3) is 2.69. The van der Waals surface area contributed by atoms with Crippen LogP contribution < -0.4 is 5.73 Å². The molecule has 1 aliphatic rings. The zero-order chi connectivity index (χ0) is 9.84. The molecule has 0 radical (unpaired) electrons. The maximum absolute atomic E-state index is 11.7. The van der Waals surface area contributed by atoms with Crippen molar-refractivity contribution in [2.45, 2.75) is 26.7 Å². The van der Waals surface area contributed by atoms with Crippen LogP contribution in [0, 0.1) is 11.8 Å². The van der Waals surface area contributed by atoms with Crippen molar-refractivity contribution in [3.8, 4) is 0 Å². The first-order chi connectivity index (χ1) is 6.15. The largest absolute Gasteiger partial charge is 0.342 e. The number of hydrogen-bond acceptors (Lipinski definition) is 2. The molecule has 3 nitrogen and oxygen atoms in total. The van der Waals surface area contributed by atoms with Gasteiger partial charge in [-0.05, 0) is 18.8 Å². The van der Waals surface area contributed by atoms with E-state index in [1.807, 2.05) is 4.90 Å². The van der Waals surface area contributed by atoms with E-state index >= 15 is 0 Å². The molecule has 1 aliphatic heterocycles. The predicted octanol–water partition coefficient (Wildman–Crippen LogP) is 0.840. The summed E-state index contributed by atoms with van der Waals surface area (Å²) >= 11 is 0. The summed E-state index contributed by atoms with van der Waals surface area (Å²) in [6.07, 6.45) is 2.09. The Morgan fingerprint density at radius 2 is 2.31 bits per heavy atom. The summed E-state index contributed by atoms with van der Waals surface area (Å²) < 4.78 is 0. The molecule has 1 rings (SSSR count). The fraction of sp³-hybridized carbons (Fsp3) is 0.900. The van der Waals surface area contributed by atoms with Gasteiger partial charge in [0.1, 0.15) is 0 Å². The Morgan fingerprint density at radius 1 is 1.62 bits per heavy atom. The van der Waals surface area contributed by atoms with E-state index in [1.165, 1.54) is 0 Å². The summed E-state index contributed by atoms with van der Waals surface area (Å²) in [7, 11) is 0. The molecule has 0 spiro atoms. The van der Waals surface area contributed by atoms with Crippen molar-refractivity contribution in [1.82, 2.24) is 4.90 Å². The fourth-order valence-electron chi connectivity index (χ4n) is 1.86. The van der Waals surface area contributed by atoms with Gasteiger partial charge in [0, 0.05) is 19.6 Å². The lowest BCUT2D eigenvalue weighted by atomic mass is 9.96. The van der Waals surface area contributed by atoms with E-state index in [-0.39, 0.29) is 11.8 Å². The molecule has 1 heterocycles. The maximum Gasteiger partial charge on any atom is 0.226 e. The molecule has 0 aromatic carbocycles. The quantitative estimate of drug-likeness (QED) is 0.706. The van der Waals surface area contributed by atoms with Crippen molar-refractivity contribution in [2.24, 2.45) is 17.6 Å². The van der Waals surface area contributed by atoms with Crippen LogP contribution in [0.25, 0.3) is 0 Å². The summed E-state index contributed by atoms with van der Waals surface area (Å²) in [5.74, 6) is 0.912. The summed E-state index contributed by atoms with van der Waals surface area (Å²) in [6, 6.07) is 0. The van der Waals surface area contributed by atoms with Crippen LogP contribution >= 0.6 is 0 Å². The van der Waals surface area contributed by atoms with Crippen LogP contribution in [0.3, 0.4) is 0 Å². The number of hydrogen-bond donors (Lipinski definition) is 1. The van der Waals surface area contributed by atoms with Gasteiger partial charge in [0.15, 0.2) is 0 Å². The second-order valence-electron chi connectivity index (χ2n) is 4.25. The molecular formula is C10H20N2O. The molecule has 1 amide bonds. The standard InChI is InChI=1S/C10H20N2O/c1-8(2)7-12-5-3-4-9(6-11)10(12)13/h8-9H,3-7,11H2,1-2H3. The molecule has 2 N–H and O–H groups in total. The normalized spacial score (nSPS) is 24.2. The zero-order valence-electron chi connectivity index (χ0n) is 8.62. The molecule has 0 bridgehead atoms. The number of carbonyl (C=O) groups excluding carboxylic acids is 1. The van der Waals surface area contributed by atoms with E-state index in [0.29, 0.717) is 12.5 Å². The minimum atomic E-state index is 0.0903. The van der Waals surface area contributed by atoms with Gasteiger partial charge in [-0.2, -0.15) is 0 Å². The molecule has 0 aromatic rings. The van der Waals surface area contributed by atoms with Crippen LogP contribution in [0.2, 0.25) is 0 Å². The van der Waals surface area contributed by atoms with Crippen molar-refractivity contribution in [2.75, 3.05) is 19.6 Å². The number of carbonyl (C=O) groups is 1. The van der Waals surface area contributed by atoms with Gasteiger partial charge in [0.25, 0.3) is 0 Å². The lowest BCUT2D eigenvalue weighted by Crippen LogP contribution is -2.45. The fourth-order valence-corrected chi connectivity index (χ4v) is 1.86. The molecule has 1 saturated heterocycles. The molecule has 13 heavy (non-hydrogen) atoms. The molecule has 0 saturated carbocycles. The monoisotopic (exact) mass is 184 g/mol. The zero-order valence-corrected chi connectivity index (χ0v) is 8.62. The van der Waals surface area contributed by atoms with E-state index in [4.69, 9.17) is 5.73 Å². The maximum atomic E-state index is 11.7. The van der Waals surface area contributed by atoms with Crippen LogP contribution in [-0.4, -0.2) is 30.4 Å². The molecule has 1 fully saturated rings. The number of nitrogens with two attached hydrogens (primary N) is 1. The lowest BCUT2D eigenvalue weighted by molar-refractivity contribution is -0.138. The first-order valence-corrected chi connectivity index (χ1v) is 5.14. The predicted molar refractivity (Wildman–Crippen MR) is 53.2 cm³/mol. The highest BCUT2D eigenvalue weighted by atomic mass is 16.2. The molecule has 0 aromatic heterocycles. The van der Waals surface area contributed by atoms with Gasteiger partial charge in [0.2, 0.25) is 5.91 Å². The van der Waals surface area contributed by atoms with Gasteiger partial charge in [-0.1, -0.05) is 13.8 Å². The minimum Gasteiger partial charge on any atom is -0.342 e. The Balaban J connectivity index is 2.50. The van der Waals surface area contributed by atoms with Gasteiger partial charge in [0.05, 0.1) is 5.92 Å². The summed E-state index contributed by atoms with van der Waals surface area (Å²) in [6.45, 7) is 6.59. The van der Waals surface area contributed by atoms with Gasteiger partial charge >= 0.3 is 0 Å². The average molecular weight is 184 g/mol. The van der Waals surface area contributed by atoms with Crippen molar-refractivity contribution in [3.63, 3.8) is 0 Å². The molecular weight excluding hydrogens is 164 g/mol. The van der Waals surface area contributed by atoms with Gasteiger partial charge in [-0.15, -0.1) is 0 Å². The lowest BCUT2D eigenvalue weighted by Gasteiger charge is -2.32. The van der Waals surface area contributed by atoms with E-state index in [0.717, 1.165) is 25.9 Å². The Bertz CT molecular complexity index is 180. The molecule has 0 aliphatic carbocycles. The third-order valence-electron chi connectivity index (χ3n) is 2.51. The molecule has 3 heteroatoms. The van der Waals surface area contributed by atoms with Crippen LogP contribution in [0.1, 0.15) is 26.7 Å². The molecule has 1 atom stereocenters. The first kappa shape index (κ1) is 10.5. The van der Waals surface area contributed by atoms with E-state index in [2.05, 4.69) is 13.8 Å². The highest BCUT2D eigenvalue weighted by Gasteiger charge is 2.27. The minimum absolute atomic E-state index is 0.0903. The molecule has 76 valence electrons. The van der Waals surface area contributed by atoms with Crippen LogP contribution in [-0.2, 0) is 4.79 Å². The number of amides is 1. The van der Waals surface area contributed by atoms with Gasteiger partial charge < -0.3 is 10.6 Å². The van der Waals surface area contributed by atoms with E-state index in [1.54, 1.807) is 0 Å². The van der Waals surface area contributed by atoms with Gasteiger partial charge in [-0.25, -0.2) is 0 Å². The Labute approximate surface area is 80.3 Å². The van der Waals surface area contributed by atoms with Crippen molar-refractivity contribution >= 4 is 5.91 Å². The van der Waals surface area contributed by atoms with Gasteiger partial charge in [-0.3, -0.25) is 4.79 Å². The number of nitrogens with zero attached hydrogens (tertiary/aromatic N) is 1. The van der Waals surface area contributed by atoms with Crippen LogP contribution in [0.15, 0.2) is 0 Å². The van der Waals surface area contributed by atoms with E-state index in [9.17, 15) is 4.79 Å². The second kappa shape index (κ2) is 4.61. The highest BCUT2D eigenvalue weighted by Crippen LogP contribution is 2.17. The Kier molecular flexibility index (Phi) is 3.72. The number of likely N-dealkylation sites (tertiary alicyclic amines) is 1. The first-order valence-electron chi connectivity index (χ1n) is 5.14. The number of rotatable bonds is 3. The van der Waals surface area contributed by atoms with E-state index < -0.39 is 0 Å². The summed E-state index contributed by atoms with van der Waals surface area (Å²) in [5, 5.41) is 0. The Hall–Kier alpha value is -0.570. The summed E-state index contributed by atoms with van der Waals surface area (Å²) in [4.78, 5) is 13.7. The number of piperidine rings is 1. The SMILES string of the molecule is CC(C)CN1CCCC(CN)C1=O. The third-order valence-corrected chi connectivity index (χ3v) is 2.51. The van der Waals surface area contributed by atoms with Crippen molar-refractivity contribution < 1.29 is 4.79 Å². The van der Waals surface area contributed by atoms with Crippen molar-refractivity contribution in [3.05, 3.63) is 0 Å². The Morgan fingerprint density at radius 3 is 2.85 bits per heavy atom. The highest BCUT2D eigenvalue weighted by molar-refractivity contribution is 5.79. The van der Waals surface area contributed by atoms with Crippen LogP contribution in [0.5, 0.6) is 0 Å².